The minimum absolute atomic E-state index is 0.0141. The SMILES string of the molecule is c1csc(CNc2cnc3c(c2)C[C@@]2(CN4CCC2CC4)O3)n1. The maximum Gasteiger partial charge on any atom is 0.217 e. The monoisotopic (exact) mass is 328 g/mol. The van der Waals surface area contributed by atoms with E-state index >= 15 is 0 Å². The lowest BCUT2D eigenvalue weighted by Gasteiger charge is -2.50. The van der Waals surface area contributed by atoms with Crippen LogP contribution in [-0.4, -0.2) is 40.1 Å². The number of piperidine rings is 3. The molecule has 5 nitrogen and oxygen atoms in total. The Morgan fingerprint density at radius 1 is 1.35 bits per heavy atom. The number of hydrogen-bond acceptors (Lipinski definition) is 6. The second-order valence-corrected chi connectivity index (χ2v) is 7.84. The third-order valence-electron chi connectivity index (χ3n) is 5.46. The first-order valence-corrected chi connectivity index (χ1v) is 9.21. The molecule has 6 rings (SSSR count). The van der Waals surface area contributed by atoms with E-state index in [1.165, 1.54) is 31.5 Å². The van der Waals surface area contributed by atoms with Gasteiger partial charge in [-0.3, -0.25) is 4.90 Å². The van der Waals surface area contributed by atoms with E-state index in [0.717, 1.165) is 36.1 Å². The molecule has 2 aromatic heterocycles. The van der Waals surface area contributed by atoms with E-state index in [-0.39, 0.29) is 5.60 Å². The molecule has 3 fully saturated rings. The smallest absolute Gasteiger partial charge is 0.217 e. The van der Waals surface area contributed by atoms with Crippen LogP contribution in [-0.2, 0) is 13.0 Å². The first kappa shape index (κ1) is 13.7. The zero-order valence-corrected chi connectivity index (χ0v) is 13.8. The van der Waals surface area contributed by atoms with Gasteiger partial charge in [0.25, 0.3) is 0 Å². The van der Waals surface area contributed by atoms with Crippen LogP contribution in [0.25, 0.3) is 0 Å². The molecular formula is C17H20N4OS. The molecule has 0 aromatic carbocycles. The summed E-state index contributed by atoms with van der Waals surface area (Å²) in [6, 6.07) is 2.21. The summed E-state index contributed by atoms with van der Waals surface area (Å²) in [6.07, 6.45) is 7.26. The first-order valence-electron chi connectivity index (χ1n) is 8.33. The summed E-state index contributed by atoms with van der Waals surface area (Å²) < 4.78 is 6.38. The molecule has 0 unspecified atom stereocenters. The van der Waals surface area contributed by atoms with Gasteiger partial charge in [0.15, 0.2) is 0 Å². The molecule has 2 bridgehead atoms. The molecular weight excluding hydrogens is 308 g/mol. The van der Waals surface area contributed by atoms with Crippen LogP contribution >= 0.6 is 11.3 Å². The Labute approximate surface area is 139 Å². The predicted octanol–water partition coefficient (Wildman–Crippen LogP) is 2.55. The van der Waals surface area contributed by atoms with Crippen molar-refractivity contribution >= 4 is 17.0 Å². The van der Waals surface area contributed by atoms with Gasteiger partial charge in [-0.2, -0.15) is 0 Å². The number of aromatic nitrogens is 2. The van der Waals surface area contributed by atoms with Gasteiger partial charge in [0.05, 0.1) is 18.4 Å². The Balaban J connectivity index is 1.34. The average Bonchev–Trinajstić information content (AvgIpc) is 3.20. The lowest BCUT2D eigenvalue weighted by molar-refractivity contribution is -0.0814. The average molecular weight is 328 g/mol. The quantitative estimate of drug-likeness (QED) is 0.938. The van der Waals surface area contributed by atoms with Crippen LogP contribution in [0.15, 0.2) is 23.8 Å². The first-order chi connectivity index (χ1) is 11.3. The van der Waals surface area contributed by atoms with Crippen molar-refractivity contribution in [3.8, 4) is 5.88 Å². The molecule has 2 aromatic rings. The summed E-state index contributed by atoms with van der Waals surface area (Å²) in [7, 11) is 0. The molecule has 4 aliphatic heterocycles. The minimum atomic E-state index is -0.0141. The molecule has 6 heterocycles. The summed E-state index contributed by atoms with van der Waals surface area (Å²) in [5.41, 5.74) is 2.29. The van der Waals surface area contributed by atoms with Crippen molar-refractivity contribution < 1.29 is 4.74 Å². The minimum Gasteiger partial charge on any atom is -0.469 e. The van der Waals surface area contributed by atoms with E-state index in [4.69, 9.17) is 4.74 Å². The molecule has 1 spiro atoms. The van der Waals surface area contributed by atoms with Crippen LogP contribution < -0.4 is 10.1 Å². The van der Waals surface area contributed by atoms with Gasteiger partial charge >= 0.3 is 0 Å². The van der Waals surface area contributed by atoms with Gasteiger partial charge < -0.3 is 10.1 Å². The van der Waals surface area contributed by atoms with Crippen LogP contribution in [0.2, 0.25) is 0 Å². The van der Waals surface area contributed by atoms with E-state index in [9.17, 15) is 0 Å². The highest BCUT2D eigenvalue weighted by Crippen LogP contribution is 2.46. The van der Waals surface area contributed by atoms with Crippen molar-refractivity contribution in [2.45, 2.75) is 31.4 Å². The van der Waals surface area contributed by atoms with Crippen molar-refractivity contribution in [1.82, 2.24) is 14.9 Å². The zero-order valence-electron chi connectivity index (χ0n) is 13.0. The number of thiazole rings is 1. The van der Waals surface area contributed by atoms with Gasteiger partial charge in [-0.1, -0.05) is 0 Å². The standard InChI is InChI=1S/C17H20N4OS/c1-4-21-5-2-13(1)17(11-21)8-12-7-14(9-20-16(12)22-17)19-10-15-18-3-6-23-15/h3,6-7,9,13,19H,1-2,4-5,8,10-11H2/t17-/m0/s1. The highest BCUT2D eigenvalue weighted by atomic mass is 32.1. The highest BCUT2D eigenvalue weighted by Gasteiger charge is 2.52. The fourth-order valence-electron chi connectivity index (χ4n) is 4.32. The van der Waals surface area contributed by atoms with Crippen LogP contribution in [0.5, 0.6) is 5.88 Å². The molecule has 23 heavy (non-hydrogen) atoms. The molecule has 6 heteroatoms. The van der Waals surface area contributed by atoms with Gasteiger partial charge in [0.1, 0.15) is 10.6 Å². The molecule has 0 amide bonds. The van der Waals surface area contributed by atoms with Crippen molar-refractivity contribution in [2.75, 3.05) is 25.0 Å². The Morgan fingerprint density at radius 3 is 3.00 bits per heavy atom. The third kappa shape index (κ3) is 2.32. The van der Waals surface area contributed by atoms with Crippen LogP contribution in [0, 0.1) is 5.92 Å². The third-order valence-corrected chi connectivity index (χ3v) is 6.24. The van der Waals surface area contributed by atoms with Gasteiger partial charge in [-0.15, -0.1) is 11.3 Å². The Hall–Kier alpha value is -1.66. The van der Waals surface area contributed by atoms with Crippen molar-refractivity contribution in [3.05, 3.63) is 34.4 Å². The number of fused-ring (bicyclic) bond motifs is 3. The van der Waals surface area contributed by atoms with Crippen LogP contribution in [0.1, 0.15) is 23.4 Å². The number of nitrogens with one attached hydrogen (secondary N) is 1. The summed E-state index contributed by atoms with van der Waals surface area (Å²) in [6.45, 7) is 4.29. The van der Waals surface area contributed by atoms with E-state index in [1.807, 2.05) is 17.8 Å². The van der Waals surface area contributed by atoms with Crippen LogP contribution in [0.3, 0.4) is 0 Å². The molecule has 1 atom stereocenters. The Morgan fingerprint density at radius 2 is 2.26 bits per heavy atom. The second kappa shape index (κ2) is 5.18. The Kier molecular flexibility index (Phi) is 3.09. The molecule has 3 saturated heterocycles. The lowest BCUT2D eigenvalue weighted by atomic mass is 9.73. The number of nitrogens with zero attached hydrogens (tertiary/aromatic N) is 3. The molecule has 0 radical (unpaired) electrons. The van der Waals surface area contributed by atoms with Gasteiger partial charge in [0, 0.05) is 36.0 Å². The van der Waals surface area contributed by atoms with Crippen molar-refractivity contribution in [1.29, 1.82) is 0 Å². The molecule has 0 saturated carbocycles. The zero-order chi connectivity index (χ0) is 15.3. The van der Waals surface area contributed by atoms with E-state index < -0.39 is 0 Å². The second-order valence-electron chi connectivity index (χ2n) is 6.86. The summed E-state index contributed by atoms with van der Waals surface area (Å²) in [5.74, 6) is 1.53. The summed E-state index contributed by atoms with van der Waals surface area (Å²) >= 11 is 1.67. The summed E-state index contributed by atoms with van der Waals surface area (Å²) in [4.78, 5) is 11.4. The molecule has 1 N–H and O–H groups in total. The number of rotatable bonds is 3. The number of ether oxygens (including phenoxy) is 1. The van der Waals surface area contributed by atoms with Gasteiger partial charge in [-0.05, 0) is 32.0 Å². The van der Waals surface area contributed by atoms with Gasteiger partial charge in [-0.25, -0.2) is 9.97 Å². The molecule has 0 aliphatic carbocycles. The number of hydrogen-bond donors (Lipinski definition) is 1. The van der Waals surface area contributed by atoms with E-state index in [1.54, 1.807) is 11.3 Å². The fraction of sp³-hybridized carbons (Fsp3) is 0.529. The topological polar surface area (TPSA) is 50.3 Å². The maximum absolute atomic E-state index is 6.38. The number of anilines is 1. The molecule has 120 valence electrons. The van der Waals surface area contributed by atoms with E-state index in [2.05, 4.69) is 26.3 Å². The number of pyridine rings is 1. The molecule has 4 aliphatic rings. The summed E-state index contributed by atoms with van der Waals surface area (Å²) in [5, 5.41) is 6.52. The highest BCUT2D eigenvalue weighted by molar-refractivity contribution is 7.09. The fourth-order valence-corrected chi connectivity index (χ4v) is 4.88. The maximum atomic E-state index is 6.38. The lowest BCUT2D eigenvalue weighted by Crippen LogP contribution is -2.61. The predicted molar refractivity (Wildman–Crippen MR) is 89.9 cm³/mol. The van der Waals surface area contributed by atoms with Crippen molar-refractivity contribution in [2.24, 2.45) is 5.92 Å². The van der Waals surface area contributed by atoms with Crippen molar-refractivity contribution in [3.63, 3.8) is 0 Å². The van der Waals surface area contributed by atoms with Gasteiger partial charge in [0.2, 0.25) is 5.88 Å². The Bertz CT molecular complexity index is 711. The largest absolute Gasteiger partial charge is 0.469 e. The van der Waals surface area contributed by atoms with Crippen LogP contribution in [0.4, 0.5) is 5.69 Å². The van der Waals surface area contributed by atoms with E-state index in [0.29, 0.717) is 5.92 Å². The normalized spacial score (nSPS) is 31.1.